The van der Waals surface area contributed by atoms with E-state index < -0.39 is 22.0 Å². The van der Waals surface area contributed by atoms with E-state index in [-0.39, 0.29) is 13.0 Å². The Morgan fingerprint density at radius 1 is 1.25 bits per heavy atom. The lowest BCUT2D eigenvalue weighted by Gasteiger charge is -2.07. The molecule has 0 aliphatic heterocycles. The third-order valence-corrected chi connectivity index (χ3v) is 3.27. The normalized spacial score (nSPS) is 10.7. The van der Waals surface area contributed by atoms with Crippen LogP contribution in [0.15, 0.2) is 24.3 Å². The fourth-order valence-corrected chi connectivity index (χ4v) is 2.06. The third-order valence-electron chi connectivity index (χ3n) is 1.95. The van der Waals surface area contributed by atoms with Gasteiger partial charge in [-0.05, 0) is 46.9 Å². The molecule has 110 valence electrons. The van der Waals surface area contributed by atoms with Crippen molar-refractivity contribution in [3.63, 3.8) is 0 Å². The van der Waals surface area contributed by atoms with E-state index in [1.807, 2.05) is 12.1 Å². The van der Waals surface area contributed by atoms with Gasteiger partial charge in [-0.25, -0.2) is 13.2 Å². The van der Waals surface area contributed by atoms with Crippen LogP contribution in [0, 0.1) is 3.57 Å². The molecule has 9 heteroatoms. The molecule has 7 nitrogen and oxygen atoms in total. The van der Waals surface area contributed by atoms with Gasteiger partial charge < -0.3 is 4.74 Å². The van der Waals surface area contributed by atoms with E-state index in [1.54, 1.807) is 16.9 Å². The highest BCUT2D eigenvalue weighted by Gasteiger charge is 2.09. The monoisotopic (exact) mass is 412 g/mol. The van der Waals surface area contributed by atoms with Gasteiger partial charge in [-0.15, -0.1) is 0 Å². The quantitative estimate of drug-likeness (QED) is 0.711. The Bertz CT molecular complexity index is 585. The molecular formula is C11H13IN2O5S. The lowest BCUT2D eigenvalue weighted by Crippen LogP contribution is -2.30. The van der Waals surface area contributed by atoms with Crippen LogP contribution in [0.1, 0.15) is 6.42 Å². The van der Waals surface area contributed by atoms with E-state index in [0.29, 0.717) is 5.69 Å². The lowest BCUT2D eigenvalue weighted by atomic mass is 10.3. The van der Waals surface area contributed by atoms with E-state index in [2.05, 4.69) is 27.9 Å². The van der Waals surface area contributed by atoms with Crippen LogP contribution >= 0.6 is 22.6 Å². The molecule has 0 aromatic heterocycles. The standard InChI is InChI=1S/C11H13IN2O5S/c1-20(17,18)14-10(15)6-7-19-11(16)13-9-4-2-8(12)3-5-9/h2-5H,6-7H2,1H3,(H,13,16)(H,14,15). The van der Waals surface area contributed by atoms with Gasteiger partial charge in [-0.2, -0.15) is 0 Å². The van der Waals surface area contributed by atoms with Crippen molar-refractivity contribution < 1.29 is 22.7 Å². The van der Waals surface area contributed by atoms with Crippen LogP contribution in [0.2, 0.25) is 0 Å². The van der Waals surface area contributed by atoms with Crippen LogP contribution in [-0.2, 0) is 19.6 Å². The molecule has 0 atom stereocenters. The zero-order valence-electron chi connectivity index (χ0n) is 10.6. The Morgan fingerprint density at radius 2 is 1.85 bits per heavy atom. The summed E-state index contributed by atoms with van der Waals surface area (Å²) in [6, 6.07) is 7.05. The van der Waals surface area contributed by atoms with Gasteiger partial charge in [0, 0.05) is 9.26 Å². The zero-order valence-corrected chi connectivity index (χ0v) is 13.5. The van der Waals surface area contributed by atoms with Gasteiger partial charge in [0.2, 0.25) is 15.9 Å². The number of benzene rings is 1. The van der Waals surface area contributed by atoms with Crippen LogP contribution in [0.3, 0.4) is 0 Å². The topological polar surface area (TPSA) is 102 Å². The van der Waals surface area contributed by atoms with Crippen molar-refractivity contribution in [1.82, 2.24) is 4.72 Å². The van der Waals surface area contributed by atoms with Crippen molar-refractivity contribution in [3.05, 3.63) is 27.8 Å². The van der Waals surface area contributed by atoms with Crippen LogP contribution in [0.4, 0.5) is 10.5 Å². The fraction of sp³-hybridized carbons (Fsp3) is 0.273. The summed E-state index contributed by atoms with van der Waals surface area (Å²) in [4.78, 5) is 22.5. The molecule has 0 aliphatic rings. The highest BCUT2D eigenvalue weighted by molar-refractivity contribution is 14.1. The first-order valence-electron chi connectivity index (χ1n) is 5.46. The van der Waals surface area contributed by atoms with Gasteiger partial charge in [0.05, 0.1) is 12.7 Å². The van der Waals surface area contributed by atoms with Crippen molar-refractivity contribution in [1.29, 1.82) is 0 Å². The first-order valence-corrected chi connectivity index (χ1v) is 8.43. The maximum atomic E-state index is 11.4. The van der Waals surface area contributed by atoms with Crippen molar-refractivity contribution in [2.24, 2.45) is 0 Å². The average Bonchev–Trinajstić information content (AvgIpc) is 2.29. The number of sulfonamides is 1. The second kappa shape index (κ2) is 7.43. The number of carbonyl (C=O) groups excluding carboxylic acids is 2. The molecule has 1 rings (SSSR count). The number of ether oxygens (including phenoxy) is 1. The molecule has 0 aliphatic carbocycles. The Hall–Kier alpha value is -1.36. The van der Waals surface area contributed by atoms with Gasteiger partial charge in [0.15, 0.2) is 0 Å². The van der Waals surface area contributed by atoms with Crippen LogP contribution in [0.25, 0.3) is 0 Å². The summed E-state index contributed by atoms with van der Waals surface area (Å²) in [6.07, 6.45) is -0.0686. The maximum Gasteiger partial charge on any atom is 0.411 e. The second-order valence-electron chi connectivity index (χ2n) is 3.82. The molecule has 0 unspecified atom stereocenters. The number of nitrogens with one attached hydrogen (secondary N) is 2. The first kappa shape index (κ1) is 16.7. The molecule has 0 spiro atoms. The molecule has 0 heterocycles. The van der Waals surface area contributed by atoms with Crippen molar-refractivity contribution in [2.75, 3.05) is 18.2 Å². The number of hydrogen-bond donors (Lipinski definition) is 2. The number of halogens is 1. The average molecular weight is 412 g/mol. The number of amides is 2. The molecule has 0 saturated heterocycles. The first-order chi connectivity index (χ1) is 9.26. The number of hydrogen-bond acceptors (Lipinski definition) is 5. The van der Waals surface area contributed by atoms with E-state index >= 15 is 0 Å². The van der Waals surface area contributed by atoms with Crippen LogP contribution in [0.5, 0.6) is 0 Å². The Balaban J connectivity index is 2.30. The minimum atomic E-state index is -3.58. The SMILES string of the molecule is CS(=O)(=O)NC(=O)CCOC(=O)Nc1ccc(I)cc1. The molecule has 1 aromatic rings. The van der Waals surface area contributed by atoms with E-state index in [1.165, 1.54) is 0 Å². The van der Waals surface area contributed by atoms with Crippen LogP contribution < -0.4 is 10.0 Å². The molecule has 1 aromatic carbocycles. The predicted octanol–water partition coefficient (Wildman–Crippen LogP) is 1.31. The number of carbonyl (C=O) groups is 2. The van der Waals surface area contributed by atoms with Crippen molar-refractivity contribution in [2.45, 2.75) is 6.42 Å². The summed E-state index contributed by atoms with van der Waals surface area (Å²) in [5, 5.41) is 2.48. The largest absolute Gasteiger partial charge is 0.449 e. The van der Waals surface area contributed by atoms with Gasteiger partial charge in [-0.3, -0.25) is 14.8 Å². The summed E-state index contributed by atoms with van der Waals surface area (Å²) >= 11 is 2.13. The fourth-order valence-electron chi connectivity index (χ4n) is 1.18. The van der Waals surface area contributed by atoms with E-state index in [0.717, 1.165) is 9.83 Å². The van der Waals surface area contributed by atoms with Gasteiger partial charge in [0.25, 0.3) is 0 Å². The molecule has 0 radical (unpaired) electrons. The molecule has 0 fully saturated rings. The summed E-state index contributed by atoms with van der Waals surface area (Å²) in [7, 11) is -3.58. The lowest BCUT2D eigenvalue weighted by molar-refractivity contribution is -0.119. The minimum Gasteiger partial charge on any atom is -0.449 e. The summed E-state index contributed by atoms with van der Waals surface area (Å²) in [5.74, 6) is -0.727. The molecule has 2 amide bonds. The van der Waals surface area contributed by atoms with E-state index in [4.69, 9.17) is 4.74 Å². The highest BCUT2D eigenvalue weighted by atomic mass is 127. The summed E-state index contributed by atoms with van der Waals surface area (Å²) in [6.45, 7) is -0.211. The minimum absolute atomic E-state index is 0.211. The second-order valence-corrected chi connectivity index (χ2v) is 6.81. The predicted molar refractivity (Wildman–Crippen MR) is 81.7 cm³/mol. The molecule has 20 heavy (non-hydrogen) atoms. The van der Waals surface area contributed by atoms with Gasteiger partial charge >= 0.3 is 6.09 Å². The van der Waals surface area contributed by atoms with Crippen molar-refractivity contribution in [3.8, 4) is 0 Å². The maximum absolute atomic E-state index is 11.4. The Morgan fingerprint density at radius 3 is 2.40 bits per heavy atom. The zero-order chi connectivity index (χ0) is 15.2. The third kappa shape index (κ3) is 7.28. The van der Waals surface area contributed by atoms with Crippen LogP contribution in [-0.4, -0.2) is 33.3 Å². The van der Waals surface area contributed by atoms with Gasteiger partial charge in [0.1, 0.15) is 6.61 Å². The van der Waals surface area contributed by atoms with Crippen molar-refractivity contribution >= 4 is 50.3 Å². The summed E-state index contributed by atoms with van der Waals surface area (Å²) < 4.78 is 29.1. The molecular weight excluding hydrogens is 399 g/mol. The van der Waals surface area contributed by atoms with E-state index in [9.17, 15) is 18.0 Å². The number of rotatable bonds is 5. The highest BCUT2D eigenvalue weighted by Crippen LogP contribution is 2.11. The molecule has 0 bridgehead atoms. The number of anilines is 1. The molecule has 2 N–H and O–H groups in total. The summed E-state index contributed by atoms with van der Waals surface area (Å²) in [5.41, 5.74) is 0.566. The smallest absolute Gasteiger partial charge is 0.411 e. The Labute approximate surface area is 130 Å². The Kier molecular flexibility index (Phi) is 6.20. The van der Waals surface area contributed by atoms with Gasteiger partial charge in [-0.1, -0.05) is 0 Å². The molecule has 0 saturated carbocycles.